The van der Waals surface area contributed by atoms with Gasteiger partial charge in [-0.2, -0.15) is 0 Å². The lowest BCUT2D eigenvalue weighted by atomic mass is 9.78. The Morgan fingerprint density at radius 2 is 1.75 bits per heavy atom. The minimum atomic E-state index is 0.0190. The molecule has 2 N–H and O–H groups in total. The van der Waals surface area contributed by atoms with E-state index < -0.39 is 0 Å². The van der Waals surface area contributed by atoms with Crippen molar-refractivity contribution in [3.8, 4) is 5.75 Å². The van der Waals surface area contributed by atoms with Gasteiger partial charge in [0.05, 0.1) is 7.11 Å². The van der Waals surface area contributed by atoms with E-state index in [1.807, 2.05) is 0 Å². The molecule has 0 heterocycles. The Kier molecular flexibility index (Phi) is 3.64. The van der Waals surface area contributed by atoms with Gasteiger partial charge in [-0.3, -0.25) is 0 Å². The highest BCUT2D eigenvalue weighted by atomic mass is 16.5. The quantitative estimate of drug-likeness (QED) is 0.851. The summed E-state index contributed by atoms with van der Waals surface area (Å²) in [6, 6.07) is 2.11. The highest BCUT2D eigenvalue weighted by Crippen LogP contribution is 2.34. The van der Waals surface area contributed by atoms with Crippen LogP contribution in [0.1, 0.15) is 36.1 Å². The lowest BCUT2D eigenvalue weighted by Gasteiger charge is -2.29. The van der Waals surface area contributed by atoms with Crippen molar-refractivity contribution in [1.29, 1.82) is 0 Å². The molecule has 0 unspecified atom stereocenters. The summed E-state index contributed by atoms with van der Waals surface area (Å²) < 4.78 is 5.38. The van der Waals surface area contributed by atoms with Gasteiger partial charge in [0.15, 0.2) is 0 Å². The Morgan fingerprint density at radius 3 is 2.19 bits per heavy atom. The molecule has 90 valence electrons. The average Bonchev–Trinajstić information content (AvgIpc) is 2.23. The van der Waals surface area contributed by atoms with E-state index in [2.05, 4.69) is 40.7 Å². The fraction of sp³-hybridized carbons (Fsp3) is 0.571. The summed E-state index contributed by atoms with van der Waals surface area (Å²) in [5, 5.41) is 0. The second kappa shape index (κ2) is 4.46. The van der Waals surface area contributed by atoms with Crippen molar-refractivity contribution in [2.45, 2.75) is 40.0 Å². The summed E-state index contributed by atoms with van der Waals surface area (Å²) in [7, 11) is 1.72. The van der Waals surface area contributed by atoms with E-state index in [-0.39, 0.29) is 5.41 Å². The Balaban J connectivity index is 3.48. The standard InChI is InChI=1S/C14H23NO/c1-9-7-12(16-6)10(2)11(3)13(9)14(4,5)8-15/h7H,8,15H2,1-6H3. The van der Waals surface area contributed by atoms with Gasteiger partial charge in [0.25, 0.3) is 0 Å². The summed E-state index contributed by atoms with van der Waals surface area (Å²) >= 11 is 0. The predicted molar refractivity (Wildman–Crippen MR) is 69.3 cm³/mol. The topological polar surface area (TPSA) is 35.2 Å². The zero-order chi connectivity index (χ0) is 12.5. The molecular weight excluding hydrogens is 198 g/mol. The molecule has 0 atom stereocenters. The van der Waals surface area contributed by atoms with Crippen molar-refractivity contribution < 1.29 is 4.74 Å². The Labute approximate surface area is 98.8 Å². The van der Waals surface area contributed by atoms with Crippen molar-refractivity contribution in [3.63, 3.8) is 0 Å². The first-order valence-electron chi connectivity index (χ1n) is 5.70. The lowest BCUT2D eigenvalue weighted by molar-refractivity contribution is 0.409. The molecule has 16 heavy (non-hydrogen) atoms. The van der Waals surface area contributed by atoms with Crippen LogP contribution in [0.25, 0.3) is 0 Å². The van der Waals surface area contributed by atoms with Crippen LogP contribution in [0.4, 0.5) is 0 Å². The minimum Gasteiger partial charge on any atom is -0.496 e. The molecule has 0 aromatic heterocycles. The first-order chi connectivity index (χ1) is 7.35. The van der Waals surface area contributed by atoms with Crippen molar-refractivity contribution in [3.05, 3.63) is 28.3 Å². The predicted octanol–water partition coefficient (Wildman–Crippen LogP) is 2.86. The van der Waals surface area contributed by atoms with Gasteiger partial charge >= 0.3 is 0 Å². The summed E-state index contributed by atoms with van der Waals surface area (Å²) in [6.07, 6.45) is 0. The molecule has 0 aliphatic heterocycles. The third-order valence-corrected chi connectivity index (χ3v) is 3.46. The Hall–Kier alpha value is -1.02. The number of ether oxygens (including phenoxy) is 1. The fourth-order valence-electron chi connectivity index (χ4n) is 2.40. The molecule has 1 aromatic rings. The number of aryl methyl sites for hydroxylation is 1. The van der Waals surface area contributed by atoms with Crippen LogP contribution in [0.2, 0.25) is 0 Å². The van der Waals surface area contributed by atoms with E-state index >= 15 is 0 Å². The second-order valence-corrected chi connectivity index (χ2v) is 5.11. The highest BCUT2D eigenvalue weighted by Gasteiger charge is 2.24. The molecule has 0 spiro atoms. The monoisotopic (exact) mass is 221 g/mol. The van der Waals surface area contributed by atoms with Crippen LogP contribution in [0.5, 0.6) is 5.75 Å². The highest BCUT2D eigenvalue weighted by molar-refractivity contribution is 5.50. The van der Waals surface area contributed by atoms with Crippen LogP contribution < -0.4 is 10.5 Å². The van der Waals surface area contributed by atoms with Crippen LogP contribution in [0, 0.1) is 20.8 Å². The summed E-state index contributed by atoms with van der Waals surface area (Å²) in [6.45, 7) is 11.4. The van der Waals surface area contributed by atoms with Crippen LogP contribution in [-0.2, 0) is 5.41 Å². The van der Waals surface area contributed by atoms with Crippen molar-refractivity contribution in [2.24, 2.45) is 5.73 Å². The SMILES string of the molecule is COc1cc(C)c(C(C)(C)CN)c(C)c1C. The second-order valence-electron chi connectivity index (χ2n) is 5.11. The van der Waals surface area contributed by atoms with Gasteiger partial charge in [0.1, 0.15) is 5.75 Å². The van der Waals surface area contributed by atoms with Crippen LogP contribution >= 0.6 is 0 Å². The molecule has 0 aliphatic carbocycles. The molecule has 0 fully saturated rings. The number of benzene rings is 1. The van der Waals surface area contributed by atoms with E-state index in [0.29, 0.717) is 6.54 Å². The maximum atomic E-state index is 5.87. The summed E-state index contributed by atoms with van der Waals surface area (Å²) in [5.74, 6) is 0.964. The Morgan fingerprint density at radius 1 is 1.19 bits per heavy atom. The first-order valence-corrected chi connectivity index (χ1v) is 5.70. The zero-order valence-electron chi connectivity index (χ0n) is 11.3. The van der Waals surface area contributed by atoms with E-state index in [9.17, 15) is 0 Å². The van der Waals surface area contributed by atoms with Crippen molar-refractivity contribution in [2.75, 3.05) is 13.7 Å². The summed E-state index contributed by atoms with van der Waals surface area (Å²) in [4.78, 5) is 0. The molecule has 1 rings (SSSR count). The molecule has 0 bridgehead atoms. The van der Waals surface area contributed by atoms with E-state index in [0.717, 1.165) is 5.75 Å². The fourth-order valence-corrected chi connectivity index (χ4v) is 2.40. The molecule has 0 saturated carbocycles. The van der Waals surface area contributed by atoms with Crippen LogP contribution in [-0.4, -0.2) is 13.7 Å². The van der Waals surface area contributed by atoms with Crippen molar-refractivity contribution in [1.82, 2.24) is 0 Å². The van der Waals surface area contributed by atoms with Gasteiger partial charge in [-0.25, -0.2) is 0 Å². The van der Waals surface area contributed by atoms with Gasteiger partial charge in [-0.15, -0.1) is 0 Å². The molecule has 0 radical (unpaired) electrons. The first kappa shape index (κ1) is 13.0. The number of nitrogens with two attached hydrogens (primary N) is 1. The lowest BCUT2D eigenvalue weighted by Crippen LogP contribution is -2.30. The maximum Gasteiger partial charge on any atom is 0.122 e. The average molecular weight is 221 g/mol. The van der Waals surface area contributed by atoms with Gasteiger partial charge in [-0.05, 0) is 49.1 Å². The van der Waals surface area contributed by atoms with Gasteiger partial charge in [0.2, 0.25) is 0 Å². The number of hydrogen-bond acceptors (Lipinski definition) is 2. The molecule has 0 aliphatic rings. The van der Waals surface area contributed by atoms with Gasteiger partial charge in [-0.1, -0.05) is 13.8 Å². The minimum absolute atomic E-state index is 0.0190. The smallest absolute Gasteiger partial charge is 0.122 e. The van der Waals surface area contributed by atoms with Crippen LogP contribution in [0.15, 0.2) is 6.07 Å². The van der Waals surface area contributed by atoms with Crippen molar-refractivity contribution >= 4 is 0 Å². The largest absolute Gasteiger partial charge is 0.496 e. The molecule has 0 amide bonds. The van der Waals surface area contributed by atoms with Gasteiger partial charge in [0, 0.05) is 12.0 Å². The normalized spacial score (nSPS) is 11.7. The summed E-state index contributed by atoms with van der Waals surface area (Å²) in [5.41, 5.74) is 11.0. The maximum absolute atomic E-state index is 5.87. The molecular formula is C14H23NO. The molecule has 1 aromatic carbocycles. The molecule has 0 saturated heterocycles. The van der Waals surface area contributed by atoms with E-state index in [4.69, 9.17) is 10.5 Å². The zero-order valence-corrected chi connectivity index (χ0v) is 11.3. The Bertz CT molecular complexity index is 394. The number of rotatable bonds is 3. The van der Waals surface area contributed by atoms with E-state index in [1.165, 1.54) is 22.3 Å². The number of methoxy groups -OCH3 is 1. The number of hydrogen-bond donors (Lipinski definition) is 1. The third kappa shape index (κ3) is 2.07. The molecule has 2 heteroatoms. The van der Waals surface area contributed by atoms with Gasteiger partial charge < -0.3 is 10.5 Å². The van der Waals surface area contributed by atoms with Crippen LogP contribution in [0.3, 0.4) is 0 Å². The molecule has 2 nitrogen and oxygen atoms in total. The third-order valence-electron chi connectivity index (χ3n) is 3.46. The van der Waals surface area contributed by atoms with E-state index in [1.54, 1.807) is 7.11 Å².